The molecule has 2 N–H and O–H groups in total. The third-order valence-corrected chi connectivity index (χ3v) is 4.87. The maximum absolute atomic E-state index is 12.0. The molecular weight excluding hydrogens is 392 g/mol. The summed E-state index contributed by atoms with van der Waals surface area (Å²) in [6, 6.07) is 4.85. The quantitative estimate of drug-likeness (QED) is 0.758. The summed E-state index contributed by atoms with van der Waals surface area (Å²) >= 11 is 3.44. The summed E-state index contributed by atoms with van der Waals surface area (Å²) in [6.07, 6.45) is 1.75. The van der Waals surface area contributed by atoms with Crippen LogP contribution in [0.5, 0.6) is 0 Å². The summed E-state index contributed by atoms with van der Waals surface area (Å²) in [7, 11) is 0. The Morgan fingerprint density at radius 2 is 1.96 bits per heavy atom. The number of fused-ring (bicyclic) bond motifs is 1. The van der Waals surface area contributed by atoms with Crippen molar-refractivity contribution in [1.82, 2.24) is 9.47 Å². The fourth-order valence-electron chi connectivity index (χ4n) is 3.24. The molecule has 3 rings (SSSR count). The van der Waals surface area contributed by atoms with E-state index in [-0.39, 0.29) is 6.42 Å². The number of aliphatic carboxylic acids is 2. The lowest BCUT2D eigenvalue weighted by Crippen LogP contribution is -2.42. The molecule has 0 bridgehead atoms. The summed E-state index contributed by atoms with van der Waals surface area (Å²) in [4.78, 5) is 24.8. The molecule has 0 amide bonds. The van der Waals surface area contributed by atoms with Crippen LogP contribution in [0.2, 0.25) is 0 Å². The first-order valence-electron chi connectivity index (χ1n) is 8.02. The molecule has 2 heterocycles. The number of carboxylic acid groups (broad SMARTS) is 2. The summed E-state index contributed by atoms with van der Waals surface area (Å²) in [6.45, 7) is 2.40. The Hall–Kier alpha value is -1.90. The molecule has 0 spiro atoms. The molecule has 1 saturated heterocycles. The van der Waals surface area contributed by atoms with E-state index in [2.05, 4.69) is 15.9 Å². The van der Waals surface area contributed by atoms with Gasteiger partial charge in [0.2, 0.25) is 0 Å². The molecule has 0 aliphatic carbocycles. The van der Waals surface area contributed by atoms with E-state index >= 15 is 0 Å². The fourth-order valence-corrected chi connectivity index (χ4v) is 3.60. The van der Waals surface area contributed by atoms with Crippen LogP contribution >= 0.6 is 15.9 Å². The van der Waals surface area contributed by atoms with Crippen LogP contribution in [0, 0.1) is 0 Å². The number of halogens is 1. The van der Waals surface area contributed by atoms with Gasteiger partial charge in [-0.25, -0.2) is 0 Å². The first-order valence-corrected chi connectivity index (χ1v) is 8.81. The molecule has 0 radical (unpaired) electrons. The third-order valence-electron chi connectivity index (χ3n) is 4.38. The van der Waals surface area contributed by atoms with Gasteiger partial charge in [-0.15, -0.1) is 0 Å². The molecule has 0 saturated carbocycles. The number of aromatic nitrogens is 1. The Labute approximate surface area is 152 Å². The van der Waals surface area contributed by atoms with Crippen LogP contribution in [0.15, 0.2) is 28.9 Å². The predicted octanol–water partition coefficient (Wildman–Crippen LogP) is 2.34. The van der Waals surface area contributed by atoms with E-state index in [1.807, 2.05) is 27.7 Å². The second-order valence-electron chi connectivity index (χ2n) is 5.97. The minimum atomic E-state index is -0.917. The van der Waals surface area contributed by atoms with Crippen molar-refractivity contribution in [3.05, 3.63) is 34.4 Å². The molecule has 1 atom stereocenters. The van der Waals surface area contributed by atoms with Gasteiger partial charge in [-0.05, 0) is 18.2 Å². The van der Waals surface area contributed by atoms with Crippen molar-refractivity contribution in [1.29, 1.82) is 0 Å². The number of hydrogen-bond acceptors (Lipinski definition) is 4. The van der Waals surface area contributed by atoms with Crippen molar-refractivity contribution in [2.24, 2.45) is 0 Å². The van der Waals surface area contributed by atoms with Crippen molar-refractivity contribution in [2.75, 3.05) is 26.3 Å². The number of nitrogens with zero attached hydrogens (tertiary/aromatic N) is 2. The minimum absolute atomic E-state index is 0.0193. The lowest BCUT2D eigenvalue weighted by atomic mass is 10.0. The average molecular weight is 411 g/mol. The average Bonchev–Trinajstić information content (AvgIpc) is 2.91. The van der Waals surface area contributed by atoms with Crippen molar-refractivity contribution in [3.8, 4) is 0 Å². The number of ether oxygens (including phenoxy) is 1. The van der Waals surface area contributed by atoms with Crippen molar-refractivity contribution < 1.29 is 24.5 Å². The van der Waals surface area contributed by atoms with Gasteiger partial charge in [-0.1, -0.05) is 15.9 Å². The highest BCUT2D eigenvalue weighted by Gasteiger charge is 2.31. The van der Waals surface area contributed by atoms with E-state index in [1.165, 1.54) is 0 Å². The van der Waals surface area contributed by atoms with E-state index in [0.717, 1.165) is 15.4 Å². The molecule has 1 fully saturated rings. The second-order valence-corrected chi connectivity index (χ2v) is 6.89. The number of carboxylic acids is 2. The minimum Gasteiger partial charge on any atom is -0.481 e. The molecule has 1 aromatic carbocycles. The Morgan fingerprint density at radius 1 is 1.24 bits per heavy atom. The molecule has 134 valence electrons. The van der Waals surface area contributed by atoms with Crippen LogP contribution in [-0.4, -0.2) is 57.9 Å². The molecular formula is C17H19BrN2O5. The van der Waals surface area contributed by atoms with Gasteiger partial charge in [0.05, 0.1) is 19.6 Å². The number of aryl methyl sites for hydroxylation is 1. The largest absolute Gasteiger partial charge is 0.481 e. The van der Waals surface area contributed by atoms with Crippen LogP contribution < -0.4 is 0 Å². The van der Waals surface area contributed by atoms with Crippen LogP contribution in [0.4, 0.5) is 0 Å². The predicted molar refractivity (Wildman–Crippen MR) is 94.7 cm³/mol. The smallest absolute Gasteiger partial charge is 0.325 e. The van der Waals surface area contributed by atoms with Crippen molar-refractivity contribution in [3.63, 3.8) is 0 Å². The highest BCUT2D eigenvalue weighted by atomic mass is 79.9. The molecule has 7 nitrogen and oxygen atoms in total. The van der Waals surface area contributed by atoms with E-state index in [4.69, 9.17) is 9.84 Å². The zero-order chi connectivity index (χ0) is 18.0. The molecule has 1 aliphatic heterocycles. The Kier molecular flexibility index (Phi) is 5.41. The molecule has 25 heavy (non-hydrogen) atoms. The SMILES string of the molecule is O=C(O)CCn1cc(C(C(=O)O)N2CCOCC2)c2cc(Br)ccc21. The number of rotatable bonds is 6. The standard InChI is InChI=1S/C17H19BrN2O5/c18-11-1-2-14-12(9-11)13(10-20(14)4-3-15(21)22)16(17(23)24)19-5-7-25-8-6-19/h1-2,9-10,16H,3-8H2,(H,21,22)(H,23,24). The van der Waals surface area contributed by atoms with Crippen molar-refractivity contribution in [2.45, 2.75) is 19.0 Å². The van der Waals surface area contributed by atoms with E-state index in [9.17, 15) is 14.7 Å². The molecule has 1 aliphatic rings. The van der Waals surface area contributed by atoms with Gasteiger partial charge < -0.3 is 19.5 Å². The van der Waals surface area contributed by atoms with Gasteiger partial charge in [-0.2, -0.15) is 0 Å². The van der Waals surface area contributed by atoms with Gasteiger partial charge in [0, 0.05) is 46.8 Å². The molecule has 8 heteroatoms. The highest BCUT2D eigenvalue weighted by molar-refractivity contribution is 9.10. The van der Waals surface area contributed by atoms with Crippen LogP contribution in [0.25, 0.3) is 10.9 Å². The third kappa shape index (κ3) is 3.86. The summed E-state index contributed by atoms with van der Waals surface area (Å²) in [5.41, 5.74) is 1.51. The molecule has 2 aromatic rings. The first kappa shape index (κ1) is 17.9. The van der Waals surface area contributed by atoms with Gasteiger partial charge in [0.15, 0.2) is 0 Å². The Bertz CT molecular complexity index is 798. The van der Waals surface area contributed by atoms with E-state index in [0.29, 0.717) is 38.4 Å². The number of benzene rings is 1. The fraction of sp³-hybridized carbons (Fsp3) is 0.412. The lowest BCUT2D eigenvalue weighted by Gasteiger charge is -2.31. The molecule has 1 aromatic heterocycles. The number of hydrogen-bond donors (Lipinski definition) is 2. The zero-order valence-corrected chi connectivity index (χ0v) is 15.1. The number of carbonyl (C=O) groups is 2. The van der Waals surface area contributed by atoms with Gasteiger partial charge in [-0.3, -0.25) is 14.5 Å². The topological polar surface area (TPSA) is 92.0 Å². The maximum Gasteiger partial charge on any atom is 0.325 e. The van der Waals surface area contributed by atoms with Crippen molar-refractivity contribution >= 4 is 38.8 Å². The second kappa shape index (κ2) is 7.55. The highest BCUT2D eigenvalue weighted by Crippen LogP contribution is 2.33. The first-order chi connectivity index (χ1) is 12.0. The van der Waals surface area contributed by atoms with Gasteiger partial charge >= 0.3 is 11.9 Å². The van der Waals surface area contributed by atoms with Gasteiger partial charge in [0.1, 0.15) is 6.04 Å². The van der Waals surface area contributed by atoms with E-state index in [1.54, 1.807) is 6.20 Å². The van der Waals surface area contributed by atoms with Crippen LogP contribution in [0.1, 0.15) is 18.0 Å². The summed E-state index contributed by atoms with van der Waals surface area (Å²) in [5, 5.41) is 19.6. The van der Waals surface area contributed by atoms with Crippen LogP contribution in [-0.2, 0) is 20.9 Å². The molecule has 1 unspecified atom stereocenters. The summed E-state index contributed by atoms with van der Waals surface area (Å²) < 4.78 is 8.00. The normalized spacial score (nSPS) is 16.8. The lowest BCUT2D eigenvalue weighted by molar-refractivity contribution is -0.145. The van der Waals surface area contributed by atoms with Crippen LogP contribution in [0.3, 0.4) is 0 Å². The Balaban J connectivity index is 2.07. The monoisotopic (exact) mass is 410 g/mol. The maximum atomic E-state index is 12.0. The Morgan fingerprint density at radius 3 is 2.60 bits per heavy atom. The number of morpholine rings is 1. The van der Waals surface area contributed by atoms with Gasteiger partial charge in [0.25, 0.3) is 0 Å². The van der Waals surface area contributed by atoms with E-state index < -0.39 is 18.0 Å². The summed E-state index contributed by atoms with van der Waals surface area (Å²) in [5.74, 6) is -1.80. The zero-order valence-electron chi connectivity index (χ0n) is 13.5.